The zero-order chi connectivity index (χ0) is 19.1. The van der Waals surface area contributed by atoms with Crippen molar-refractivity contribution in [1.29, 1.82) is 0 Å². The number of ether oxygens (including phenoxy) is 1. The van der Waals surface area contributed by atoms with Crippen LogP contribution in [0.5, 0.6) is 0 Å². The highest BCUT2D eigenvalue weighted by Crippen LogP contribution is 2.12. The molecule has 0 bridgehead atoms. The lowest BCUT2D eigenvalue weighted by atomic mass is 10.1. The van der Waals surface area contributed by atoms with Crippen LogP contribution in [0.4, 0.5) is 4.79 Å². The molecule has 0 fully saturated rings. The molecule has 1 amide bonds. The molecule has 0 aliphatic heterocycles. The Bertz CT molecular complexity index is 1010. The van der Waals surface area contributed by atoms with E-state index in [1.54, 1.807) is 6.07 Å². The standard InChI is InChI=1S/C22H22N2O3/c1-16-13-21(25)19-14-17(10-11-20(19)24-16)7-5-6-12-23-22(26)27-15-18-8-3-2-4-9-18/h2-5,7-11,13-14H,6,12,15H2,1H3,(H,23,26)(H,24,25). The molecule has 2 N–H and O–H groups in total. The maximum absolute atomic E-state index is 12.1. The summed E-state index contributed by atoms with van der Waals surface area (Å²) in [5, 5.41) is 3.39. The monoisotopic (exact) mass is 362 g/mol. The molecule has 3 rings (SSSR count). The van der Waals surface area contributed by atoms with Gasteiger partial charge in [-0.2, -0.15) is 0 Å². The number of nitrogens with one attached hydrogen (secondary N) is 2. The van der Waals surface area contributed by atoms with Gasteiger partial charge in [-0.15, -0.1) is 0 Å². The summed E-state index contributed by atoms with van der Waals surface area (Å²) in [6, 6.07) is 16.9. The maximum Gasteiger partial charge on any atom is 0.407 e. The molecule has 0 spiro atoms. The third-order valence-corrected chi connectivity index (χ3v) is 4.09. The molecule has 138 valence electrons. The minimum atomic E-state index is -0.431. The number of amides is 1. The summed E-state index contributed by atoms with van der Waals surface area (Å²) in [7, 11) is 0. The highest BCUT2D eigenvalue weighted by molar-refractivity contribution is 5.81. The highest BCUT2D eigenvalue weighted by atomic mass is 16.5. The van der Waals surface area contributed by atoms with Crippen molar-refractivity contribution in [2.24, 2.45) is 0 Å². The summed E-state index contributed by atoms with van der Waals surface area (Å²) in [5.41, 5.74) is 3.60. The number of hydrogen-bond acceptors (Lipinski definition) is 3. The fraction of sp³-hybridized carbons (Fsp3) is 0.182. The van der Waals surface area contributed by atoms with E-state index >= 15 is 0 Å². The van der Waals surface area contributed by atoms with E-state index in [0.717, 1.165) is 22.3 Å². The van der Waals surface area contributed by atoms with Crippen molar-refractivity contribution in [3.8, 4) is 0 Å². The van der Waals surface area contributed by atoms with Gasteiger partial charge >= 0.3 is 6.09 Å². The molecule has 5 heteroatoms. The average molecular weight is 362 g/mol. The van der Waals surface area contributed by atoms with Crippen LogP contribution in [0, 0.1) is 6.92 Å². The second-order valence-electron chi connectivity index (χ2n) is 6.30. The van der Waals surface area contributed by atoms with Gasteiger partial charge in [0.1, 0.15) is 6.61 Å². The molecule has 5 nitrogen and oxygen atoms in total. The Kier molecular flexibility index (Phi) is 6.05. The topological polar surface area (TPSA) is 71.2 Å². The predicted octanol–water partition coefficient (Wildman–Crippen LogP) is 4.17. The fourth-order valence-corrected chi connectivity index (χ4v) is 2.75. The quantitative estimate of drug-likeness (QED) is 0.647. The van der Waals surface area contributed by atoms with Crippen LogP contribution in [-0.2, 0) is 11.3 Å². The molecule has 0 atom stereocenters. The molecular formula is C22H22N2O3. The summed E-state index contributed by atoms with van der Waals surface area (Å²) < 4.78 is 5.15. The Hall–Kier alpha value is -3.34. The van der Waals surface area contributed by atoms with Crippen LogP contribution in [0.25, 0.3) is 17.0 Å². The van der Waals surface area contributed by atoms with Gasteiger partial charge in [0.05, 0.1) is 0 Å². The number of benzene rings is 2. The molecule has 0 aliphatic rings. The number of carbonyl (C=O) groups is 1. The number of fused-ring (bicyclic) bond motifs is 1. The molecule has 0 radical (unpaired) electrons. The molecule has 1 aromatic heterocycles. The van der Waals surface area contributed by atoms with E-state index in [1.807, 2.05) is 67.6 Å². The first kappa shape index (κ1) is 18.5. The summed E-state index contributed by atoms with van der Waals surface area (Å²) in [6.07, 6.45) is 4.14. The van der Waals surface area contributed by atoms with Crippen molar-refractivity contribution in [3.63, 3.8) is 0 Å². The van der Waals surface area contributed by atoms with Crippen molar-refractivity contribution in [1.82, 2.24) is 10.3 Å². The number of rotatable bonds is 6. The van der Waals surface area contributed by atoms with Crippen molar-refractivity contribution >= 4 is 23.1 Å². The van der Waals surface area contributed by atoms with Gasteiger partial charge in [0.2, 0.25) is 0 Å². The van der Waals surface area contributed by atoms with E-state index < -0.39 is 6.09 Å². The largest absolute Gasteiger partial charge is 0.445 e. The lowest BCUT2D eigenvalue weighted by molar-refractivity contribution is 0.140. The van der Waals surface area contributed by atoms with Gasteiger partial charge in [0, 0.05) is 29.2 Å². The van der Waals surface area contributed by atoms with E-state index in [2.05, 4.69) is 10.3 Å². The predicted molar refractivity (Wildman–Crippen MR) is 108 cm³/mol. The maximum atomic E-state index is 12.1. The van der Waals surface area contributed by atoms with Crippen LogP contribution in [0.15, 0.2) is 65.5 Å². The van der Waals surface area contributed by atoms with E-state index in [4.69, 9.17) is 4.74 Å². The van der Waals surface area contributed by atoms with Crippen LogP contribution >= 0.6 is 0 Å². The Morgan fingerprint density at radius 2 is 1.96 bits per heavy atom. The van der Waals surface area contributed by atoms with Gasteiger partial charge in [-0.3, -0.25) is 4.79 Å². The van der Waals surface area contributed by atoms with E-state index in [1.165, 1.54) is 0 Å². The van der Waals surface area contributed by atoms with Crippen molar-refractivity contribution in [2.75, 3.05) is 6.54 Å². The second kappa shape index (κ2) is 8.85. The Labute approximate surface area is 157 Å². The first-order valence-electron chi connectivity index (χ1n) is 8.86. The SMILES string of the molecule is Cc1cc(=O)c2cc(C=CCCNC(=O)OCc3ccccc3)ccc2[nH]1. The number of aromatic nitrogens is 1. The van der Waals surface area contributed by atoms with Gasteiger partial charge < -0.3 is 15.0 Å². The lowest BCUT2D eigenvalue weighted by Crippen LogP contribution is -2.24. The number of hydrogen-bond donors (Lipinski definition) is 2. The Morgan fingerprint density at radius 1 is 1.15 bits per heavy atom. The smallest absolute Gasteiger partial charge is 0.407 e. The van der Waals surface area contributed by atoms with E-state index in [-0.39, 0.29) is 12.0 Å². The number of aromatic amines is 1. The fourth-order valence-electron chi connectivity index (χ4n) is 2.75. The van der Waals surface area contributed by atoms with Crippen LogP contribution in [-0.4, -0.2) is 17.6 Å². The van der Waals surface area contributed by atoms with Gasteiger partial charge in [-0.25, -0.2) is 4.79 Å². The normalized spacial score (nSPS) is 11.0. The van der Waals surface area contributed by atoms with Crippen molar-refractivity contribution < 1.29 is 9.53 Å². The number of alkyl carbamates (subject to hydrolysis) is 1. The average Bonchev–Trinajstić information content (AvgIpc) is 2.67. The van der Waals surface area contributed by atoms with Crippen LogP contribution in [0.2, 0.25) is 0 Å². The van der Waals surface area contributed by atoms with Crippen LogP contribution in [0.1, 0.15) is 23.2 Å². The second-order valence-corrected chi connectivity index (χ2v) is 6.30. The Balaban J connectivity index is 1.46. The van der Waals surface area contributed by atoms with Gasteiger partial charge in [-0.05, 0) is 36.6 Å². The summed E-state index contributed by atoms with van der Waals surface area (Å²) in [6.45, 7) is 2.61. The van der Waals surface area contributed by atoms with E-state index in [0.29, 0.717) is 18.4 Å². The molecule has 0 aliphatic carbocycles. The highest BCUT2D eigenvalue weighted by Gasteiger charge is 2.02. The van der Waals surface area contributed by atoms with Crippen molar-refractivity contribution in [2.45, 2.75) is 20.0 Å². The van der Waals surface area contributed by atoms with Gasteiger partial charge in [0.25, 0.3) is 0 Å². The van der Waals surface area contributed by atoms with Gasteiger partial charge in [0.15, 0.2) is 5.43 Å². The number of pyridine rings is 1. The van der Waals surface area contributed by atoms with Crippen LogP contribution in [0.3, 0.4) is 0 Å². The molecule has 27 heavy (non-hydrogen) atoms. The first-order valence-corrected chi connectivity index (χ1v) is 8.86. The third-order valence-electron chi connectivity index (χ3n) is 4.09. The molecule has 3 aromatic rings. The summed E-state index contributed by atoms with van der Waals surface area (Å²) in [4.78, 5) is 26.9. The third kappa shape index (κ3) is 5.31. The number of aryl methyl sites for hydroxylation is 1. The number of carbonyl (C=O) groups excluding carboxylic acids is 1. The zero-order valence-corrected chi connectivity index (χ0v) is 15.2. The summed E-state index contributed by atoms with van der Waals surface area (Å²) in [5.74, 6) is 0. The minimum absolute atomic E-state index is 0.0133. The van der Waals surface area contributed by atoms with E-state index in [9.17, 15) is 9.59 Å². The minimum Gasteiger partial charge on any atom is -0.445 e. The zero-order valence-electron chi connectivity index (χ0n) is 15.2. The molecule has 1 heterocycles. The molecule has 0 saturated carbocycles. The van der Waals surface area contributed by atoms with Crippen LogP contribution < -0.4 is 10.7 Å². The Morgan fingerprint density at radius 3 is 2.78 bits per heavy atom. The number of H-pyrrole nitrogens is 1. The first-order chi connectivity index (χ1) is 13.1. The summed E-state index contributed by atoms with van der Waals surface area (Å²) >= 11 is 0. The molecule has 0 unspecified atom stereocenters. The molecular weight excluding hydrogens is 340 g/mol. The van der Waals surface area contributed by atoms with Crippen molar-refractivity contribution in [3.05, 3.63) is 87.7 Å². The molecule has 2 aromatic carbocycles. The lowest BCUT2D eigenvalue weighted by Gasteiger charge is -2.06. The van der Waals surface area contributed by atoms with Gasteiger partial charge in [-0.1, -0.05) is 48.6 Å². The molecule has 0 saturated heterocycles.